The summed E-state index contributed by atoms with van der Waals surface area (Å²) in [6, 6.07) is 9.03. The van der Waals surface area contributed by atoms with Crippen LogP contribution >= 0.6 is 24.0 Å². The Morgan fingerprint density at radius 3 is 2.67 bits per heavy atom. The summed E-state index contributed by atoms with van der Waals surface area (Å²) in [5, 5.41) is 8.81. The molecule has 0 unspecified atom stereocenters. The highest BCUT2D eigenvalue weighted by Gasteiger charge is 2.08. The maximum Gasteiger partial charge on any atom is 0.239 e. The second-order valence-corrected chi connectivity index (χ2v) is 5.21. The molecule has 1 aromatic carbocycles. The third-order valence-corrected chi connectivity index (χ3v) is 3.41. The predicted octanol–water partition coefficient (Wildman–Crippen LogP) is 2.61. The van der Waals surface area contributed by atoms with E-state index in [4.69, 9.17) is 13.9 Å². The number of nitrogens with zero attached hydrogens (tertiary/aromatic N) is 1. The summed E-state index contributed by atoms with van der Waals surface area (Å²) in [4.78, 5) is 16.0. The summed E-state index contributed by atoms with van der Waals surface area (Å²) >= 11 is 0. The van der Waals surface area contributed by atoms with Crippen molar-refractivity contribution in [2.24, 2.45) is 4.99 Å². The lowest BCUT2D eigenvalue weighted by Crippen LogP contribution is -2.39. The molecule has 9 heteroatoms. The van der Waals surface area contributed by atoms with E-state index in [0.29, 0.717) is 36.4 Å². The average Bonchev–Trinajstić information content (AvgIpc) is 3.18. The Hall–Kier alpha value is -2.43. The summed E-state index contributed by atoms with van der Waals surface area (Å²) in [6.45, 7) is 2.89. The first kappa shape index (κ1) is 22.6. The Morgan fingerprint density at radius 1 is 1.22 bits per heavy atom. The van der Waals surface area contributed by atoms with Gasteiger partial charge >= 0.3 is 0 Å². The van der Waals surface area contributed by atoms with Crippen molar-refractivity contribution in [3.05, 3.63) is 42.4 Å². The molecule has 1 aromatic heterocycles. The Labute approximate surface area is 175 Å². The van der Waals surface area contributed by atoms with Gasteiger partial charge in [0.15, 0.2) is 17.5 Å². The van der Waals surface area contributed by atoms with Gasteiger partial charge in [0.1, 0.15) is 5.76 Å². The first-order valence-corrected chi connectivity index (χ1v) is 8.23. The van der Waals surface area contributed by atoms with Gasteiger partial charge in [-0.25, -0.2) is 0 Å². The number of anilines is 1. The molecule has 0 saturated heterocycles. The van der Waals surface area contributed by atoms with Gasteiger partial charge in [-0.2, -0.15) is 0 Å². The Kier molecular flexibility index (Phi) is 10.1. The molecule has 0 spiro atoms. The molecule has 0 radical (unpaired) electrons. The quantitative estimate of drug-likeness (QED) is 0.301. The van der Waals surface area contributed by atoms with Crippen molar-refractivity contribution < 1.29 is 18.7 Å². The van der Waals surface area contributed by atoms with Crippen molar-refractivity contribution in [3.63, 3.8) is 0 Å². The van der Waals surface area contributed by atoms with Crippen molar-refractivity contribution in [3.8, 4) is 11.5 Å². The van der Waals surface area contributed by atoms with E-state index < -0.39 is 0 Å². The zero-order chi connectivity index (χ0) is 18.8. The molecule has 27 heavy (non-hydrogen) atoms. The minimum Gasteiger partial charge on any atom is -0.493 e. The van der Waals surface area contributed by atoms with Crippen LogP contribution in [0.25, 0.3) is 0 Å². The zero-order valence-electron chi connectivity index (χ0n) is 15.6. The fourth-order valence-corrected chi connectivity index (χ4v) is 2.16. The lowest BCUT2D eigenvalue weighted by atomic mass is 10.2. The van der Waals surface area contributed by atoms with Crippen LogP contribution in [-0.2, 0) is 11.3 Å². The van der Waals surface area contributed by atoms with Crippen LogP contribution in [0.3, 0.4) is 0 Å². The van der Waals surface area contributed by atoms with Crippen LogP contribution in [0.15, 0.2) is 46.0 Å². The van der Waals surface area contributed by atoms with Crippen LogP contribution in [0.1, 0.15) is 12.7 Å². The van der Waals surface area contributed by atoms with Gasteiger partial charge < -0.3 is 29.8 Å². The van der Waals surface area contributed by atoms with E-state index in [1.807, 2.05) is 19.1 Å². The number of hydrogen-bond acceptors (Lipinski definition) is 5. The van der Waals surface area contributed by atoms with Crippen LogP contribution < -0.4 is 25.4 Å². The van der Waals surface area contributed by atoms with Crippen molar-refractivity contribution in [2.75, 3.05) is 32.6 Å². The number of benzene rings is 1. The molecule has 1 heterocycles. The molecule has 0 atom stereocenters. The first-order chi connectivity index (χ1) is 12.7. The van der Waals surface area contributed by atoms with Gasteiger partial charge in [0.2, 0.25) is 5.91 Å². The summed E-state index contributed by atoms with van der Waals surface area (Å²) < 4.78 is 16.0. The lowest BCUT2D eigenvalue weighted by molar-refractivity contribution is -0.120. The number of aliphatic imine (C=N–C) groups is 1. The highest BCUT2D eigenvalue weighted by Crippen LogP contribution is 2.30. The Morgan fingerprint density at radius 2 is 2.04 bits per heavy atom. The third-order valence-electron chi connectivity index (χ3n) is 3.41. The largest absolute Gasteiger partial charge is 0.493 e. The van der Waals surface area contributed by atoms with Crippen LogP contribution in [0, 0.1) is 0 Å². The molecule has 0 aliphatic carbocycles. The highest BCUT2D eigenvalue weighted by atomic mass is 127. The zero-order valence-corrected chi connectivity index (χ0v) is 17.9. The monoisotopic (exact) mass is 488 g/mol. The molecule has 0 bridgehead atoms. The predicted molar refractivity (Wildman–Crippen MR) is 115 cm³/mol. The molecular weight excluding hydrogens is 463 g/mol. The number of guanidine groups is 1. The van der Waals surface area contributed by atoms with Crippen molar-refractivity contribution >= 4 is 41.5 Å². The van der Waals surface area contributed by atoms with Gasteiger partial charge in [-0.1, -0.05) is 0 Å². The molecule has 1 amide bonds. The van der Waals surface area contributed by atoms with Gasteiger partial charge in [0.05, 0.1) is 33.1 Å². The number of methoxy groups -OCH3 is 1. The highest BCUT2D eigenvalue weighted by molar-refractivity contribution is 14.0. The normalized spacial score (nSPS) is 10.6. The van der Waals surface area contributed by atoms with Crippen molar-refractivity contribution in [1.29, 1.82) is 0 Å². The van der Waals surface area contributed by atoms with E-state index in [-0.39, 0.29) is 36.4 Å². The molecule has 8 nitrogen and oxygen atoms in total. The third kappa shape index (κ3) is 7.37. The second-order valence-electron chi connectivity index (χ2n) is 5.21. The van der Waals surface area contributed by atoms with Crippen LogP contribution in [0.5, 0.6) is 11.5 Å². The molecule has 0 aliphatic heterocycles. The van der Waals surface area contributed by atoms with Gasteiger partial charge in [-0.3, -0.25) is 9.79 Å². The van der Waals surface area contributed by atoms with Crippen LogP contribution in [0.4, 0.5) is 5.69 Å². The number of hydrogen-bond donors (Lipinski definition) is 3. The minimum absolute atomic E-state index is 0. The number of rotatable bonds is 8. The Balaban J connectivity index is 0.00000364. The molecule has 0 aliphatic rings. The van der Waals surface area contributed by atoms with E-state index in [1.165, 1.54) is 0 Å². The summed E-state index contributed by atoms with van der Waals surface area (Å²) in [5.41, 5.74) is 0.759. The molecule has 148 valence electrons. The van der Waals surface area contributed by atoms with E-state index in [0.717, 1.165) is 5.69 Å². The summed E-state index contributed by atoms with van der Waals surface area (Å²) in [7, 11) is 3.21. The average molecular weight is 488 g/mol. The molecule has 0 fully saturated rings. The smallest absolute Gasteiger partial charge is 0.239 e. The standard InChI is InChI=1S/C18H24N4O4.HI/c1-4-25-15-8-7-13(10-16(15)24-3)22-18(19-2)21-12-17(23)20-11-14-6-5-9-26-14;/h5-10H,4,11-12H2,1-3H3,(H,20,23)(H2,19,21,22);1H. The fraction of sp³-hybridized carbons (Fsp3) is 0.333. The van der Waals surface area contributed by atoms with Gasteiger partial charge in [-0.05, 0) is 31.2 Å². The van der Waals surface area contributed by atoms with E-state index >= 15 is 0 Å². The number of furan rings is 1. The van der Waals surface area contributed by atoms with E-state index in [2.05, 4.69) is 20.9 Å². The van der Waals surface area contributed by atoms with E-state index in [9.17, 15) is 4.79 Å². The fourth-order valence-electron chi connectivity index (χ4n) is 2.16. The maximum absolute atomic E-state index is 11.9. The molecular formula is C18H25IN4O4. The molecule has 2 rings (SSSR count). The molecule has 3 N–H and O–H groups in total. The molecule has 0 saturated carbocycles. The number of carbonyl (C=O) groups is 1. The number of nitrogens with one attached hydrogen (secondary N) is 3. The number of amides is 1. The van der Waals surface area contributed by atoms with Gasteiger partial charge in [0.25, 0.3) is 0 Å². The SMILES string of the molecule is CCOc1ccc(NC(=NC)NCC(=O)NCc2ccco2)cc1OC.I. The van der Waals surface area contributed by atoms with Gasteiger partial charge in [-0.15, -0.1) is 24.0 Å². The Bertz CT molecular complexity index is 735. The topological polar surface area (TPSA) is 97.1 Å². The number of carbonyl (C=O) groups excluding carboxylic acids is 1. The van der Waals surface area contributed by atoms with Crippen LogP contribution in [0.2, 0.25) is 0 Å². The van der Waals surface area contributed by atoms with Crippen molar-refractivity contribution in [2.45, 2.75) is 13.5 Å². The summed E-state index contributed by atoms with van der Waals surface area (Å²) in [5.74, 6) is 2.27. The maximum atomic E-state index is 11.9. The number of halogens is 1. The van der Waals surface area contributed by atoms with Crippen LogP contribution in [-0.4, -0.2) is 39.2 Å². The first-order valence-electron chi connectivity index (χ1n) is 8.23. The van der Waals surface area contributed by atoms with Gasteiger partial charge in [0, 0.05) is 18.8 Å². The second kappa shape index (κ2) is 12.0. The molecule has 2 aromatic rings. The van der Waals surface area contributed by atoms with Crippen molar-refractivity contribution in [1.82, 2.24) is 10.6 Å². The minimum atomic E-state index is -0.173. The lowest BCUT2D eigenvalue weighted by Gasteiger charge is -2.14. The van der Waals surface area contributed by atoms with E-state index in [1.54, 1.807) is 38.6 Å². The number of ether oxygens (including phenoxy) is 2. The summed E-state index contributed by atoms with van der Waals surface area (Å²) in [6.07, 6.45) is 1.57.